The van der Waals surface area contributed by atoms with Crippen LogP contribution >= 0.6 is 11.6 Å². The van der Waals surface area contributed by atoms with Gasteiger partial charge in [0.15, 0.2) is 0 Å². The molecule has 1 rings (SSSR count). The standard InChI is InChI=1S/C12H22ClN/c13-9-4-5-10-14-11-8-12-6-2-1-3-7-12/h4-5,12,14H,1-3,6-11H2/b5-4+. The summed E-state index contributed by atoms with van der Waals surface area (Å²) in [5, 5.41) is 3.42. The molecular weight excluding hydrogens is 194 g/mol. The van der Waals surface area contributed by atoms with Crippen LogP contribution in [0.2, 0.25) is 0 Å². The van der Waals surface area contributed by atoms with Crippen molar-refractivity contribution in [1.29, 1.82) is 0 Å². The van der Waals surface area contributed by atoms with Crippen LogP contribution in [0, 0.1) is 5.92 Å². The third kappa shape index (κ3) is 5.66. The number of hydrogen-bond acceptors (Lipinski definition) is 1. The van der Waals surface area contributed by atoms with Crippen molar-refractivity contribution in [3.63, 3.8) is 0 Å². The van der Waals surface area contributed by atoms with Gasteiger partial charge in [0.25, 0.3) is 0 Å². The minimum atomic E-state index is 0.629. The lowest BCUT2D eigenvalue weighted by atomic mass is 9.87. The fourth-order valence-electron chi connectivity index (χ4n) is 2.11. The van der Waals surface area contributed by atoms with Crippen LogP contribution in [0.15, 0.2) is 12.2 Å². The van der Waals surface area contributed by atoms with Crippen LogP contribution in [0.3, 0.4) is 0 Å². The molecule has 1 aliphatic carbocycles. The summed E-state index contributed by atoms with van der Waals surface area (Å²) in [4.78, 5) is 0. The average molecular weight is 216 g/mol. The molecule has 0 spiro atoms. The van der Waals surface area contributed by atoms with E-state index in [4.69, 9.17) is 11.6 Å². The lowest BCUT2D eigenvalue weighted by Gasteiger charge is -2.21. The van der Waals surface area contributed by atoms with E-state index in [1.54, 1.807) is 0 Å². The molecule has 0 bridgehead atoms. The molecule has 1 N–H and O–H groups in total. The van der Waals surface area contributed by atoms with E-state index in [0.717, 1.165) is 19.0 Å². The monoisotopic (exact) mass is 215 g/mol. The van der Waals surface area contributed by atoms with Crippen LogP contribution < -0.4 is 5.32 Å². The van der Waals surface area contributed by atoms with Gasteiger partial charge in [-0.1, -0.05) is 44.3 Å². The number of hydrogen-bond donors (Lipinski definition) is 1. The second kappa shape index (κ2) is 8.31. The number of allylic oxidation sites excluding steroid dienone is 1. The fourth-order valence-corrected chi connectivity index (χ4v) is 2.24. The maximum Gasteiger partial charge on any atom is 0.0404 e. The predicted molar refractivity (Wildman–Crippen MR) is 63.9 cm³/mol. The maximum atomic E-state index is 5.52. The Kier molecular flexibility index (Phi) is 7.16. The Morgan fingerprint density at radius 3 is 2.64 bits per heavy atom. The molecule has 0 heterocycles. The number of rotatable bonds is 6. The summed E-state index contributed by atoms with van der Waals surface area (Å²) in [5.74, 6) is 1.62. The van der Waals surface area contributed by atoms with Crippen molar-refractivity contribution in [2.45, 2.75) is 38.5 Å². The van der Waals surface area contributed by atoms with Crippen molar-refractivity contribution in [3.05, 3.63) is 12.2 Å². The van der Waals surface area contributed by atoms with E-state index in [9.17, 15) is 0 Å². The van der Waals surface area contributed by atoms with E-state index in [1.165, 1.54) is 38.5 Å². The average Bonchev–Trinajstić information content (AvgIpc) is 2.25. The lowest BCUT2D eigenvalue weighted by Crippen LogP contribution is -2.19. The molecular formula is C12H22ClN. The zero-order valence-corrected chi connectivity index (χ0v) is 9.73. The van der Waals surface area contributed by atoms with Crippen molar-refractivity contribution in [3.8, 4) is 0 Å². The third-order valence-corrected chi connectivity index (χ3v) is 3.15. The molecule has 1 nitrogen and oxygen atoms in total. The lowest BCUT2D eigenvalue weighted by molar-refractivity contribution is 0.335. The van der Waals surface area contributed by atoms with Crippen molar-refractivity contribution in [1.82, 2.24) is 5.32 Å². The molecule has 0 saturated heterocycles. The topological polar surface area (TPSA) is 12.0 Å². The second-order valence-electron chi connectivity index (χ2n) is 4.12. The highest BCUT2D eigenvalue weighted by Gasteiger charge is 2.11. The molecule has 1 aliphatic rings. The van der Waals surface area contributed by atoms with Crippen LogP contribution in [0.1, 0.15) is 38.5 Å². The van der Waals surface area contributed by atoms with Crippen LogP contribution in [0.5, 0.6) is 0 Å². The Bertz CT molecular complexity index is 150. The molecule has 1 fully saturated rings. The maximum absolute atomic E-state index is 5.52. The highest BCUT2D eigenvalue weighted by atomic mass is 35.5. The fraction of sp³-hybridized carbons (Fsp3) is 0.833. The molecule has 2 heteroatoms. The van der Waals surface area contributed by atoms with Gasteiger partial charge < -0.3 is 5.32 Å². The molecule has 0 atom stereocenters. The molecule has 0 aliphatic heterocycles. The van der Waals surface area contributed by atoms with Crippen LogP contribution in [0.4, 0.5) is 0 Å². The first-order valence-electron chi connectivity index (χ1n) is 5.85. The van der Waals surface area contributed by atoms with E-state index < -0.39 is 0 Å². The van der Waals surface area contributed by atoms with E-state index in [2.05, 4.69) is 11.4 Å². The normalized spacial score (nSPS) is 19.2. The number of alkyl halides is 1. The first kappa shape index (κ1) is 12.1. The molecule has 0 aromatic heterocycles. The van der Waals surface area contributed by atoms with Gasteiger partial charge >= 0.3 is 0 Å². The van der Waals surface area contributed by atoms with Gasteiger partial charge in [-0.2, -0.15) is 0 Å². The summed E-state index contributed by atoms with van der Waals surface area (Å²) in [5.41, 5.74) is 0. The minimum absolute atomic E-state index is 0.629. The second-order valence-corrected chi connectivity index (χ2v) is 4.43. The van der Waals surface area contributed by atoms with Gasteiger partial charge in [-0.15, -0.1) is 11.6 Å². The summed E-state index contributed by atoms with van der Waals surface area (Å²) in [6.07, 6.45) is 12.7. The molecule has 0 aromatic rings. The van der Waals surface area contributed by atoms with E-state index in [1.807, 2.05) is 6.08 Å². The van der Waals surface area contributed by atoms with Crippen LogP contribution in [0.25, 0.3) is 0 Å². The Balaban J connectivity index is 1.89. The molecule has 0 aromatic carbocycles. The third-order valence-electron chi connectivity index (χ3n) is 2.97. The van der Waals surface area contributed by atoms with Gasteiger partial charge in [0, 0.05) is 12.4 Å². The molecule has 0 amide bonds. The minimum Gasteiger partial charge on any atom is -0.313 e. The molecule has 82 valence electrons. The number of nitrogens with one attached hydrogen (secondary N) is 1. The Hall–Kier alpha value is -0.0100. The quantitative estimate of drug-likeness (QED) is 0.407. The largest absolute Gasteiger partial charge is 0.313 e. The van der Waals surface area contributed by atoms with Crippen molar-refractivity contribution < 1.29 is 0 Å². The summed E-state index contributed by atoms with van der Waals surface area (Å²) in [7, 11) is 0. The zero-order chi connectivity index (χ0) is 10.1. The van der Waals surface area contributed by atoms with Crippen molar-refractivity contribution >= 4 is 11.6 Å². The summed E-state index contributed by atoms with van der Waals surface area (Å²) >= 11 is 5.52. The van der Waals surface area contributed by atoms with Crippen molar-refractivity contribution in [2.24, 2.45) is 5.92 Å². The smallest absolute Gasteiger partial charge is 0.0404 e. The van der Waals surface area contributed by atoms with Gasteiger partial charge in [0.1, 0.15) is 0 Å². The predicted octanol–water partition coefficient (Wildman–Crippen LogP) is 3.34. The molecule has 14 heavy (non-hydrogen) atoms. The van der Waals surface area contributed by atoms with Crippen LogP contribution in [-0.2, 0) is 0 Å². The first-order valence-corrected chi connectivity index (χ1v) is 6.38. The summed E-state index contributed by atoms with van der Waals surface area (Å²) in [6, 6.07) is 0. The first-order chi connectivity index (χ1) is 6.93. The Labute approximate surface area is 92.9 Å². The van der Waals surface area contributed by atoms with Gasteiger partial charge in [-0.25, -0.2) is 0 Å². The van der Waals surface area contributed by atoms with Gasteiger partial charge in [-0.05, 0) is 18.9 Å². The molecule has 0 unspecified atom stereocenters. The summed E-state index contributed by atoms with van der Waals surface area (Å²) < 4.78 is 0. The highest BCUT2D eigenvalue weighted by molar-refractivity contribution is 6.18. The highest BCUT2D eigenvalue weighted by Crippen LogP contribution is 2.25. The van der Waals surface area contributed by atoms with E-state index in [0.29, 0.717) is 5.88 Å². The van der Waals surface area contributed by atoms with E-state index >= 15 is 0 Å². The van der Waals surface area contributed by atoms with E-state index in [-0.39, 0.29) is 0 Å². The van der Waals surface area contributed by atoms with Gasteiger partial charge in [-0.3, -0.25) is 0 Å². The van der Waals surface area contributed by atoms with Gasteiger partial charge in [0.05, 0.1) is 0 Å². The number of halogens is 1. The zero-order valence-electron chi connectivity index (χ0n) is 8.97. The Morgan fingerprint density at radius 1 is 1.14 bits per heavy atom. The molecule has 0 radical (unpaired) electrons. The SMILES string of the molecule is ClC/C=C/CNCCC1CCCCC1. The van der Waals surface area contributed by atoms with Crippen LogP contribution in [-0.4, -0.2) is 19.0 Å². The Morgan fingerprint density at radius 2 is 1.93 bits per heavy atom. The molecule has 1 saturated carbocycles. The van der Waals surface area contributed by atoms with Gasteiger partial charge in [0.2, 0.25) is 0 Å². The summed E-state index contributed by atoms with van der Waals surface area (Å²) in [6.45, 7) is 2.14. The van der Waals surface area contributed by atoms with Crippen molar-refractivity contribution in [2.75, 3.05) is 19.0 Å².